The highest BCUT2D eigenvalue weighted by molar-refractivity contribution is 6.33. The smallest absolute Gasteiger partial charge is 0.354 e. The van der Waals surface area contributed by atoms with Gasteiger partial charge in [0.2, 0.25) is 0 Å². The molecular weight excluding hydrogens is 399 g/mol. The van der Waals surface area contributed by atoms with Gasteiger partial charge in [0, 0.05) is 6.07 Å². The third-order valence-electron chi connectivity index (χ3n) is 3.21. The lowest BCUT2D eigenvalue weighted by molar-refractivity contribution is -0.140. The van der Waals surface area contributed by atoms with Crippen LogP contribution in [0.5, 0.6) is 0 Å². The van der Waals surface area contributed by atoms with Gasteiger partial charge in [-0.15, -0.1) is 0 Å². The van der Waals surface area contributed by atoms with Crippen molar-refractivity contribution in [1.82, 2.24) is 9.24 Å². The standard InChI is InChI=1S/C14H9ClF3N3O6/c15-6-2-7(16)8(1-5(6)13(25)27-4-11(23)24)20-10(22)3-9(12(17)18)21(19)14(20)26/h1-3,12H,4,19H2,(H,23,24). The second kappa shape index (κ2) is 7.53. The molecule has 0 spiro atoms. The molecule has 0 saturated carbocycles. The van der Waals surface area contributed by atoms with E-state index < -0.39 is 64.0 Å². The first-order valence-corrected chi connectivity index (χ1v) is 7.23. The molecule has 1 aromatic heterocycles. The largest absolute Gasteiger partial charge is 0.479 e. The lowest BCUT2D eigenvalue weighted by Gasteiger charge is -2.13. The molecule has 0 unspecified atom stereocenters. The Kier molecular flexibility index (Phi) is 5.59. The minimum absolute atomic E-state index is 0.0530. The van der Waals surface area contributed by atoms with Gasteiger partial charge in [-0.1, -0.05) is 11.6 Å². The summed E-state index contributed by atoms with van der Waals surface area (Å²) in [7, 11) is 0. The zero-order chi connectivity index (χ0) is 20.5. The molecule has 1 aromatic carbocycles. The topological polar surface area (TPSA) is 134 Å². The molecule has 0 radical (unpaired) electrons. The Bertz CT molecular complexity index is 1050. The summed E-state index contributed by atoms with van der Waals surface area (Å²) in [6.07, 6.45) is -3.25. The van der Waals surface area contributed by atoms with Crippen molar-refractivity contribution in [1.29, 1.82) is 0 Å². The molecule has 0 saturated heterocycles. The maximum atomic E-state index is 14.2. The van der Waals surface area contributed by atoms with Gasteiger partial charge in [0.1, 0.15) is 11.5 Å². The molecule has 144 valence electrons. The number of nitrogens with two attached hydrogens (primary N) is 1. The Labute approximate surface area is 151 Å². The summed E-state index contributed by atoms with van der Waals surface area (Å²) in [5, 5.41) is 7.99. The quantitative estimate of drug-likeness (QED) is 0.550. The van der Waals surface area contributed by atoms with E-state index >= 15 is 0 Å². The molecule has 1 heterocycles. The number of ether oxygens (including phenoxy) is 1. The highest BCUT2D eigenvalue weighted by atomic mass is 35.5. The Morgan fingerprint density at radius 3 is 2.44 bits per heavy atom. The lowest BCUT2D eigenvalue weighted by Crippen LogP contribution is -2.43. The SMILES string of the molecule is Nn1c(C(F)F)cc(=O)n(-c2cc(C(=O)OCC(=O)O)c(Cl)cc2F)c1=O. The van der Waals surface area contributed by atoms with Crippen molar-refractivity contribution >= 4 is 23.5 Å². The summed E-state index contributed by atoms with van der Waals surface area (Å²) < 4.78 is 44.2. The lowest BCUT2D eigenvalue weighted by atomic mass is 10.2. The maximum absolute atomic E-state index is 14.2. The predicted octanol–water partition coefficient (Wildman–Crippen LogP) is 0.684. The number of hydrogen-bond acceptors (Lipinski definition) is 6. The molecule has 9 nitrogen and oxygen atoms in total. The maximum Gasteiger partial charge on any atom is 0.354 e. The van der Waals surface area contributed by atoms with E-state index in [4.69, 9.17) is 22.6 Å². The summed E-state index contributed by atoms with van der Waals surface area (Å²) in [6, 6.07) is 1.51. The van der Waals surface area contributed by atoms with E-state index in [0.717, 1.165) is 0 Å². The first kappa shape index (κ1) is 20.0. The number of nitrogen functional groups attached to an aromatic ring is 1. The summed E-state index contributed by atoms with van der Waals surface area (Å²) in [5.41, 5.74) is -5.34. The number of carboxylic acid groups (broad SMARTS) is 1. The summed E-state index contributed by atoms with van der Waals surface area (Å²) in [4.78, 5) is 46.4. The second-order valence-corrected chi connectivity index (χ2v) is 5.36. The van der Waals surface area contributed by atoms with Crippen molar-refractivity contribution in [2.45, 2.75) is 6.43 Å². The molecule has 2 rings (SSSR count). The van der Waals surface area contributed by atoms with E-state index in [1.807, 2.05) is 0 Å². The molecule has 0 aliphatic rings. The van der Waals surface area contributed by atoms with Gasteiger partial charge in [0.05, 0.1) is 16.3 Å². The van der Waals surface area contributed by atoms with Crippen LogP contribution in [0, 0.1) is 5.82 Å². The van der Waals surface area contributed by atoms with Crippen LogP contribution in [-0.2, 0) is 9.53 Å². The summed E-state index contributed by atoms with van der Waals surface area (Å²) >= 11 is 5.69. The van der Waals surface area contributed by atoms with Gasteiger partial charge in [0.25, 0.3) is 12.0 Å². The minimum atomic E-state index is -3.25. The molecule has 0 aliphatic carbocycles. The zero-order valence-corrected chi connectivity index (χ0v) is 13.7. The number of halogens is 4. The molecule has 0 atom stereocenters. The van der Waals surface area contributed by atoms with Crippen LogP contribution in [-0.4, -0.2) is 32.9 Å². The van der Waals surface area contributed by atoms with E-state index in [-0.39, 0.29) is 9.24 Å². The fourth-order valence-corrected chi connectivity index (χ4v) is 2.26. The van der Waals surface area contributed by atoms with Gasteiger partial charge in [-0.2, -0.15) is 0 Å². The van der Waals surface area contributed by atoms with Crippen molar-refractivity contribution in [3.05, 3.63) is 61.1 Å². The van der Waals surface area contributed by atoms with Gasteiger partial charge < -0.3 is 15.7 Å². The second-order valence-electron chi connectivity index (χ2n) is 4.95. The average molecular weight is 408 g/mol. The highest BCUT2D eigenvalue weighted by Gasteiger charge is 2.22. The van der Waals surface area contributed by atoms with Gasteiger partial charge in [0.15, 0.2) is 6.61 Å². The third-order valence-corrected chi connectivity index (χ3v) is 3.53. The van der Waals surface area contributed by atoms with Crippen LogP contribution in [0.1, 0.15) is 22.5 Å². The number of rotatable bonds is 5. The minimum Gasteiger partial charge on any atom is -0.479 e. The Hall–Kier alpha value is -3.28. The number of alkyl halides is 2. The number of aromatic nitrogens is 2. The Morgan fingerprint density at radius 1 is 1.26 bits per heavy atom. The van der Waals surface area contributed by atoms with E-state index in [1.54, 1.807) is 0 Å². The van der Waals surface area contributed by atoms with Gasteiger partial charge in [-0.25, -0.2) is 36.8 Å². The number of carboxylic acids is 1. The monoisotopic (exact) mass is 407 g/mol. The number of carbonyl (C=O) groups is 2. The van der Waals surface area contributed by atoms with Crippen molar-refractivity contribution in [2.24, 2.45) is 0 Å². The first-order chi connectivity index (χ1) is 12.5. The Balaban J connectivity index is 2.67. The van der Waals surface area contributed by atoms with Crippen LogP contribution in [0.15, 0.2) is 27.8 Å². The number of benzene rings is 1. The van der Waals surface area contributed by atoms with Crippen molar-refractivity contribution in [3.63, 3.8) is 0 Å². The Morgan fingerprint density at radius 2 is 1.89 bits per heavy atom. The normalized spacial score (nSPS) is 10.9. The van der Waals surface area contributed by atoms with E-state index in [0.29, 0.717) is 18.2 Å². The number of nitrogens with zero attached hydrogens (tertiary/aromatic N) is 2. The molecule has 0 bridgehead atoms. The summed E-state index contributed by atoms with van der Waals surface area (Å²) in [5.74, 6) is 1.19. The highest BCUT2D eigenvalue weighted by Crippen LogP contribution is 2.23. The number of esters is 1. The van der Waals surface area contributed by atoms with E-state index in [1.165, 1.54) is 0 Å². The first-order valence-electron chi connectivity index (χ1n) is 6.85. The van der Waals surface area contributed by atoms with Crippen LogP contribution in [0.3, 0.4) is 0 Å². The van der Waals surface area contributed by atoms with Gasteiger partial charge >= 0.3 is 17.6 Å². The van der Waals surface area contributed by atoms with Crippen LogP contribution in [0.25, 0.3) is 5.69 Å². The van der Waals surface area contributed by atoms with Crippen LogP contribution in [0.2, 0.25) is 5.02 Å². The molecule has 2 aromatic rings. The molecule has 13 heteroatoms. The van der Waals surface area contributed by atoms with E-state index in [9.17, 15) is 32.3 Å². The summed E-state index contributed by atoms with van der Waals surface area (Å²) in [6.45, 7) is -1.03. The fraction of sp³-hybridized carbons (Fsp3) is 0.143. The molecule has 3 N–H and O–H groups in total. The predicted molar refractivity (Wildman–Crippen MR) is 84.3 cm³/mol. The zero-order valence-electron chi connectivity index (χ0n) is 13.0. The van der Waals surface area contributed by atoms with Gasteiger partial charge in [-0.05, 0) is 12.1 Å². The van der Waals surface area contributed by atoms with Crippen molar-refractivity contribution < 1.29 is 32.6 Å². The fourth-order valence-electron chi connectivity index (χ4n) is 2.03. The number of carbonyl (C=O) groups excluding carboxylic acids is 1. The third kappa shape index (κ3) is 3.95. The van der Waals surface area contributed by atoms with E-state index in [2.05, 4.69) is 4.74 Å². The number of aliphatic carboxylic acids is 1. The average Bonchev–Trinajstić information content (AvgIpc) is 2.57. The molecule has 0 aliphatic heterocycles. The van der Waals surface area contributed by atoms with Crippen molar-refractivity contribution in [3.8, 4) is 5.69 Å². The molecule has 27 heavy (non-hydrogen) atoms. The van der Waals surface area contributed by atoms with Crippen LogP contribution in [0.4, 0.5) is 13.2 Å². The van der Waals surface area contributed by atoms with Crippen molar-refractivity contribution in [2.75, 3.05) is 12.4 Å². The number of hydrogen-bond donors (Lipinski definition) is 2. The van der Waals surface area contributed by atoms with Crippen LogP contribution < -0.4 is 17.1 Å². The molecule has 0 fully saturated rings. The van der Waals surface area contributed by atoms with Gasteiger partial charge in [-0.3, -0.25) is 4.79 Å². The molecular formula is C14H9ClF3N3O6. The van der Waals surface area contributed by atoms with Crippen LogP contribution >= 0.6 is 11.6 Å². The molecule has 0 amide bonds.